The maximum Gasteiger partial charge on any atom is 0.408 e. The number of hydrogen-bond acceptors (Lipinski definition) is 13. The Hall–Kier alpha value is -6.04. The Morgan fingerprint density at radius 3 is 2.08 bits per heavy atom. The third-order valence-electron chi connectivity index (χ3n) is 11.8. The number of nitrogens with one attached hydrogen (secondary N) is 2. The van der Waals surface area contributed by atoms with Gasteiger partial charge in [-0.3, -0.25) is 9.59 Å². The standard InChI is InChI=1S/C50H60N2O14/c1-2-3-4-5-6-7-8-9-10-11-12-13-24-51-47(59)46(31-15-19-34(20-16-31)63-49-45(58)44(57)43(56)41(29-53)65-49)66-50(62)52-28-30-14-21-35(38(25-30)48(60)61)42-36-22-17-32(54)26-39(36)64-40-27-33(55)18-23-37(40)42/h14-23,25-27,41,43-46,49,53-54,56-58H,2-13,24,28-29H2,1H3,(H,51,59)(H,52,62)(H,60,61)/t41?,43-,44-,45?,46?,49+/m0/s1. The lowest BCUT2D eigenvalue weighted by Gasteiger charge is -2.39. The fourth-order valence-corrected chi connectivity index (χ4v) is 8.13. The molecule has 2 aliphatic heterocycles. The van der Waals surface area contributed by atoms with Gasteiger partial charge < -0.3 is 59.9 Å². The Labute approximate surface area is 382 Å². The summed E-state index contributed by atoms with van der Waals surface area (Å²) >= 11 is 0. The lowest BCUT2D eigenvalue weighted by molar-refractivity contribution is -0.277. The van der Waals surface area contributed by atoms with Crippen LogP contribution in [0.2, 0.25) is 0 Å². The van der Waals surface area contributed by atoms with Crippen LogP contribution in [0.4, 0.5) is 4.79 Å². The Bertz CT molecular complexity index is 2420. The van der Waals surface area contributed by atoms with Gasteiger partial charge in [-0.05, 0) is 60.0 Å². The van der Waals surface area contributed by atoms with E-state index in [-0.39, 0.29) is 45.9 Å². The molecule has 16 nitrogen and oxygen atoms in total. The molecule has 354 valence electrons. The minimum Gasteiger partial charge on any atom is -0.508 e. The van der Waals surface area contributed by atoms with E-state index in [4.69, 9.17) is 18.6 Å². The zero-order valence-electron chi connectivity index (χ0n) is 37.0. The number of carboxylic acid groups (broad SMARTS) is 1. The van der Waals surface area contributed by atoms with Crippen LogP contribution in [-0.2, 0) is 20.8 Å². The molecule has 3 aromatic carbocycles. The van der Waals surface area contributed by atoms with Crippen LogP contribution in [0.15, 0.2) is 88.1 Å². The highest BCUT2D eigenvalue weighted by atomic mass is 16.7. The van der Waals surface area contributed by atoms with Crippen LogP contribution in [0.25, 0.3) is 33.4 Å². The summed E-state index contributed by atoms with van der Waals surface area (Å²) in [6.07, 6.45) is 3.98. The third-order valence-corrected chi connectivity index (χ3v) is 11.8. The number of rotatable bonds is 23. The first-order valence-electron chi connectivity index (χ1n) is 22.7. The molecule has 16 heteroatoms. The minimum absolute atomic E-state index is 0.0845. The van der Waals surface area contributed by atoms with Crippen LogP contribution >= 0.6 is 0 Å². The molecular weight excluding hydrogens is 853 g/mol. The summed E-state index contributed by atoms with van der Waals surface area (Å²) in [5.41, 5.74) is 1.69. The number of amides is 2. The zero-order chi connectivity index (χ0) is 47.2. The molecule has 3 aromatic rings. The predicted molar refractivity (Wildman–Crippen MR) is 244 cm³/mol. The smallest absolute Gasteiger partial charge is 0.408 e. The molecule has 0 bridgehead atoms. The maximum atomic E-state index is 13.7. The summed E-state index contributed by atoms with van der Waals surface area (Å²) in [5.74, 6) is -1.60. The topological polar surface area (TPSA) is 255 Å². The van der Waals surface area contributed by atoms with Crippen molar-refractivity contribution in [3.63, 3.8) is 0 Å². The number of phenolic OH excluding ortho intramolecular Hbond substituents is 1. The lowest BCUT2D eigenvalue weighted by atomic mass is 9.90. The largest absolute Gasteiger partial charge is 0.508 e. The molecule has 0 radical (unpaired) electrons. The number of alkyl carbamates (subject to hydrolysis) is 1. The second kappa shape index (κ2) is 23.9. The number of carboxylic acids is 1. The SMILES string of the molecule is CCCCCCCCCCCCCCNC(=O)C(OC(=O)NCc1ccc(-c2c3ccc(=O)cc-3oc3cc(O)ccc23)c(C(=O)O)c1)c1ccc(O[C@@H]2OC(CO)[C@H](O)[C@H](O)C2O)cc1. The molecule has 0 aromatic heterocycles. The molecule has 6 atom stereocenters. The second-order valence-electron chi connectivity index (χ2n) is 16.7. The van der Waals surface area contributed by atoms with Crippen molar-refractivity contribution in [2.45, 2.75) is 127 Å². The van der Waals surface area contributed by atoms with Gasteiger partial charge in [0.25, 0.3) is 5.91 Å². The summed E-state index contributed by atoms with van der Waals surface area (Å²) in [5, 5.41) is 66.8. The lowest BCUT2D eigenvalue weighted by Crippen LogP contribution is -2.60. The van der Waals surface area contributed by atoms with Crippen molar-refractivity contribution >= 4 is 28.9 Å². The number of aromatic hydroxyl groups is 1. The van der Waals surface area contributed by atoms with Gasteiger partial charge in [-0.15, -0.1) is 0 Å². The number of aliphatic hydroxyl groups excluding tert-OH is 4. The predicted octanol–water partition coefficient (Wildman–Crippen LogP) is 6.93. The first-order chi connectivity index (χ1) is 31.9. The van der Waals surface area contributed by atoms with Crippen LogP contribution in [0.5, 0.6) is 11.5 Å². The molecular formula is C50H60N2O14. The number of aromatic carboxylic acids is 1. The van der Waals surface area contributed by atoms with Crippen molar-refractivity contribution in [1.29, 1.82) is 0 Å². The van der Waals surface area contributed by atoms with E-state index in [2.05, 4.69) is 17.6 Å². The zero-order valence-corrected chi connectivity index (χ0v) is 37.0. The van der Waals surface area contributed by atoms with E-state index in [1.54, 1.807) is 24.3 Å². The van der Waals surface area contributed by atoms with Crippen LogP contribution in [0.1, 0.15) is 112 Å². The quantitative estimate of drug-likeness (QED) is 0.0244. The number of hydrogen-bond donors (Lipinski definition) is 8. The van der Waals surface area contributed by atoms with Gasteiger partial charge in [-0.25, -0.2) is 9.59 Å². The monoisotopic (exact) mass is 912 g/mol. The average molecular weight is 913 g/mol. The Morgan fingerprint density at radius 2 is 1.41 bits per heavy atom. The molecule has 6 rings (SSSR count). The van der Waals surface area contributed by atoms with Crippen molar-refractivity contribution in [2.75, 3.05) is 13.2 Å². The van der Waals surface area contributed by atoms with Crippen molar-refractivity contribution in [1.82, 2.24) is 10.6 Å². The molecule has 0 saturated carbocycles. The van der Waals surface area contributed by atoms with E-state index < -0.39 is 61.4 Å². The molecule has 8 N–H and O–H groups in total. The first-order valence-corrected chi connectivity index (χ1v) is 22.7. The van der Waals surface area contributed by atoms with Gasteiger partial charge in [-0.1, -0.05) is 102 Å². The highest BCUT2D eigenvalue weighted by Gasteiger charge is 2.44. The van der Waals surface area contributed by atoms with Gasteiger partial charge in [0, 0.05) is 47.3 Å². The van der Waals surface area contributed by atoms with Crippen LogP contribution in [0, 0.1) is 0 Å². The molecule has 2 amide bonds. The summed E-state index contributed by atoms with van der Waals surface area (Å²) in [6.45, 7) is 1.74. The maximum absolute atomic E-state index is 13.7. The molecule has 66 heavy (non-hydrogen) atoms. The van der Waals surface area contributed by atoms with Gasteiger partial charge in [-0.2, -0.15) is 0 Å². The van der Waals surface area contributed by atoms with E-state index in [1.165, 1.54) is 106 Å². The van der Waals surface area contributed by atoms with E-state index in [0.717, 1.165) is 25.7 Å². The van der Waals surface area contributed by atoms with E-state index in [0.29, 0.717) is 34.2 Å². The second-order valence-corrected chi connectivity index (χ2v) is 16.7. The van der Waals surface area contributed by atoms with Crippen LogP contribution in [-0.4, -0.2) is 92.5 Å². The summed E-state index contributed by atoms with van der Waals surface area (Å²) in [6, 6.07) is 19.0. The van der Waals surface area contributed by atoms with Crippen molar-refractivity contribution in [3.8, 4) is 33.9 Å². The normalized spacial score (nSPS) is 18.8. The van der Waals surface area contributed by atoms with Crippen LogP contribution < -0.4 is 20.8 Å². The number of carbonyl (C=O) groups excluding carboxylic acids is 2. The van der Waals surface area contributed by atoms with Gasteiger partial charge in [0.2, 0.25) is 12.4 Å². The Balaban J connectivity index is 1.12. The van der Waals surface area contributed by atoms with Crippen molar-refractivity contribution < 1.29 is 63.7 Å². The minimum atomic E-state index is -1.65. The molecule has 2 heterocycles. The number of fused-ring (bicyclic) bond motifs is 2. The number of aliphatic hydroxyl groups is 4. The summed E-state index contributed by atoms with van der Waals surface area (Å²) in [7, 11) is 0. The number of ether oxygens (including phenoxy) is 3. The first kappa shape index (κ1) is 49.4. The van der Waals surface area contributed by atoms with Gasteiger partial charge in [0.15, 0.2) is 5.43 Å². The number of benzene rings is 4. The number of unbranched alkanes of at least 4 members (excludes halogenated alkanes) is 11. The van der Waals surface area contributed by atoms with Gasteiger partial charge >= 0.3 is 12.1 Å². The van der Waals surface area contributed by atoms with E-state index in [1.807, 2.05) is 0 Å². The number of phenols is 1. The molecule has 1 saturated heterocycles. The van der Waals surface area contributed by atoms with Gasteiger partial charge in [0.1, 0.15) is 47.3 Å². The van der Waals surface area contributed by atoms with Crippen molar-refractivity contribution in [3.05, 3.63) is 106 Å². The molecule has 0 spiro atoms. The number of carbonyl (C=O) groups is 3. The third kappa shape index (κ3) is 12.9. The fraction of sp³-hybridized carbons (Fsp3) is 0.440. The molecule has 1 fully saturated rings. The molecule has 3 aliphatic rings. The summed E-state index contributed by atoms with van der Waals surface area (Å²) in [4.78, 5) is 52.1. The van der Waals surface area contributed by atoms with Crippen molar-refractivity contribution in [2.24, 2.45) is 0 Å². The summed E-state index contributed by atoms with van der Waals surface area (Å²) < 4.78 is 22.8. The van der Waals surface area contributed by atoms with Crippen LogP contribution in [0.3, 0.4) is 0 Å². The average Bonchev–Trinajstić information content (AvgIpc) is 3.31. The highest BCUT2D eigenvalue weighted by Crippen LogP contribution is 2.42. The highest BCUT2D eigenvalue weighted by molar-refractivity contribution is 6.07. The Kier molecular flexibility index (Phi) is 17.9. The van der Waals surface area contributed by atoms with E-state index in [9.17, 15) is 49.8 Å². The molecule has 1 aliphatic carbocycles. The fourth-order valence-electron chi connectivity index (χ4n) is 8.13. The Morgan fingerprint density at radius 1 is 0.742 bits per heavy atom. The van der Waals surface area contributed by atoms with E-state index >= 15 is 0 Å². The molecule has 3 unspecified atom stereocenters. The van der Waals surface area contributed by atoms with Gasteiger partial charge in [0.05, 0.1) is 12.2 Å².